The fourth-order valence-corrected chi connectivity index (χ4v) is 2.93. The largest absolute Gasteiger partial charge is 0.451 e. The molecule has 5 nitrogen and oxygen atoms in total. The summed E-state index contributed by atoms with van der Waals surface area (Å²) in [5, 5.41) is 7.12. The fourth-order valence-electron chi connectivity index (χ4n) is 2.67. The monoisotopic (exact) mass is 414 g/mol. The van der Waals surface area contributed by atoms with Crippen molar-refractivity contribution in [3.8, 4) is 11.3 Å². The highest BCUT2D eigenvalue weighted by Crippen LogP contribution is 2.28. The Morgan fingerprint density at radius 1 is 1.15 bits per heavy atom. The highest BCUT2D eigenvalue weighted by molar-refractivity contribution is 9.10. The summed E-state index contributed by atoms with van der Waals surface area (Å²) in [6, 6.07) is 13.3. The van der Waals surface area contributed by atoms with Crippen molar-refractivity contribution < 1.29 is 18.1 Å². The first kappa shape index (κ1) is 16.5. The van der Waals surface area contributed by atoms with Crippen molar-refractivity contribution in [2.75, 3.05) is 5.32 Å². The molecule has 2 aromatic carbocycles. The van der Waals surface area contributed by atoms with E-state index in [1.807, 2.05) is 24.3 Å². The summed E-state index contributed by atoms with van der Waals surface area (Å²) >= 11 is 3.37. The predicted octanol–water partition coefficient (Wildman–Crippen LogP) is 5.55. The number of carbonyl (C=O) groups is 1. The van der Waals surface area contributed by atoms with Crippen molar-refractivity contribution in [3.05, 3.63) is 70.1 Å². The lowest BCUT2D eigenvalue weighted by molar-refractivity contribution is 0.0994. The van der Waals surface area contributed by atoms with E-state index in [1.165, 1.54) is 18.2 Å². The van der Waals surface area contributed by atoms with Gasteiger partial charge in [-0.05, 0) is 37.3 Å². The molecule has 0 aliphatic rings. The van der Waals surface area contributed by atoms with Crippen molar-refractivity contribution >= 4 is 38.7 Å². The van der Waals surface area contributed by atoms with Crippen LogP contribution in [0.4, 0.5) is 10.3 Å². The lowest BCUT2D eigenvalue weighted by Crippen LogP contribution is -2.11. The van der Waals surface area contributed by atoms with Crippen LogP contribution in [0.1, 0.15) is 16.1 Å². The van der Waals surface area contributed by atoms with Crippen LogP contribution in [0.15, 0.2) is 61.9 Å². The number of aryl methyl sites for hydroxylation is 1. The minimum Gasteiger partial charge on any atom is -0.451 e. The molecule has 130 valence electrons. The summed E-state index contributed by atoms with van der Waals surface area (Å²) in [6.07, 6.45) is 0. The third-order valence-electron chi connectivity index (χ3n) is 3.99. The van der Waals surface area contributed by atoms with Gasteiger partial charge in [-0.1, -0.05) is 33.2 Å². The summed E-state index contributed by atoms with van der Waals surface area (Å²) in [5.74, 6) is -0.577. The maximum absolute atomic E-state index is 13.4. The molecule has 4 rings (SSSR count). The molecule has 0 bridgehead atoms. The number of aromatic nitrogens is 1. The van der Waals surface area contributed by atoms with Crippen molar-refractivity contribution in [1.82, 2.24) is 5.16 Å². The summed E-state index contributed by atoms with van der Waals surface area (Å²) < 4.78 is 25.1. The van der Waals surface area contributed by atoms with E-state index in [4.69, 9.17) is 8.94 Å². The second-order valence-electron chi connectivity index (χ2n) is 5.73. The van der Waals surface area contributed by atoms with Gasteiger partial charge in [-0.3, -0.25) is 10.1 Å². The highest BCUT2D eigenvalue weighted by Gasteiger charge is 2.20. The van der Waals surface area contributed by atoms with Gasteiger partial charge in [-0.15, -0.1) is 0 Å². The predicted molar refractivity (Wildman–Crippen MR) is 98.5 cm³/mol. The van der Waals surface area contributed by atoms with E-state index in [2.05, 4.69) is 26.4 Å². The molecule has 0 atom stereocenters. The zero-order valence-corrected chi connectivity index (χ0v) is 15.1. The number of halogens is 2. The molecule has 7 heteroatoms. The summed E-state index contributed by atoms with van der Waals surface area (Å²) in [6.45, 7) is 1.70. The average Bonchev–Trinajstić information content (AvgIpc) is 3.21. The van der Waals surface area contributed by atoms with E-state index in [0.717, 1.165) is 10.0 Å². The maximum atomic E-state index is 13.4. The zero-order chi connectivity index (χ0) is 18.3. The number of nitrogens with zero attached hydrogens (tertiary/aromatic N) is 1. The minimum absolute atomic E-state index is 0.104. The molecule has 0 aliphatic heterocycles. The first-order chi connectivity index (χ1) is 12.5. The molecular formula is C19H12BrFN2O3. The van der Waals surface area contributed by atoms with Gasteiger partial charge < -0.3 is 8.94 Å². The normalized spacial score (nSPS) is 11.0. The van der Waals surface area contributed by atoms with Gasteiger partial charge in [-0.25, -0.2) is 4.39 Å². The molecule has 2 aromatic heterocycles. The Hall–Kier alpha value is -2.93. The number of rotatable bonds is 3. The summed E-state index contributed by atoms with van der Waals surface area (Å²) in [5.41, 5.74) is 2.45. The van der Waals surface area contributed by atoms with Crippen molar-refractivity contribution in [3.63, 3.8) is 0 Å². The first-order valence-corrected chi connectivity index (χ1v) is 8.53. The van der Waals surface area contributed by atoms with E-state index >= 15 is 0 Å². The smallest absolute Gasteiger partial charge is 0.294 e. The third-order valence-corrected chi connectivity index (χ3v) is 4.52. The standard InChI is InChI=1S/C19H12BrFN2O3/c1-10-14-8-13(21)6-7-16(14)25-18(10)19(24)22-17-9-15(23-26-17)11-2-4-12(20)5-3-11/h2-9H,1H3,(H,22,24). The van der Waals surface area contributed by atoms with Gasteiger partial charge in [0.25, 0.3) is 5.91 Å². The third kappa shape index (κ3) is 3.01. The van der Waals surface area contributed by atoms with Crippen LogP contribution in [0, 0.1) is 12.7 Å². The number of amides is 1. The summed E-state index contributed by atoms with van der Waals surface area (Å²) in [4.78, 5) is 12.5. The molecule has 4 aromatic rings. The molecule has 0 unspecified atom stereocenters. The molecule has 1 N–H and O–H groups in total. The number of furan rings is 1. The van der Waals surface area contributed by atoms with Crippen LogP contribution < -0.4 is 5.32 Å². The number of hydrogen-bond acceptors (Lipinski definition) is 4. The van der Waals surface area contributed by atoms with Gasteiger partial charge in [0, 0.05) is 27.1 Å². The van der Waals surface area contributed by atoms with Crippen LogP contribution in [-0.2, 0) is 0 Å². The second kappa shape index (κ2) is 6.42. The average molecular weight is 415 g/mol. The van der Waals surface area contributed by atoms with Crippen LogP contribution in [0.5, 0.6) is 0 Å². The van der Waals surface area contributed by atoms with Gasteiger partial charge in [0.2, 0.25) is 5.88 Å². The minimum atomic E-state index is -0.488. The Morgan fingerprint density at radius 3 is 2.69 bits per heavy atom. The van der Waals surface area contributed by atoms with Crippen LogP contribution in [-0.4, -0.2) is 11.1 Å². The van der Waals surface area contributed by atoms with Crippen LogP contribution >= 0.6 is 15.9 Å². The Bertz CT molecular complexity index is 1120. The first-order valence-electron chi connectivity index (χ1n) is 7.74. The van der Waals surface area contributed by atoms with Gasteiger partial charge in [0.05, 0.1) is 0 Å². The van der Waals surface area contributed by atoms with E-state index in [9.17, 15) is 9.18 Å². The van der Waals surface area contributed by atoms with Gasteiger partial charge in [0.15, 0.2) is 5.76 Å². The molecule has 2 heterocycles. The number of anilines is 1. The number of hydrogen-bond donors (Lipinski definition) is 1. The number of carbonyl (C=O) groups excluding carboxylic acids is 1. The summed E-state index contributed by atoms with van der Waals surface area (Å²) in [7, 11) is 0. The molecule has 0 aliphatic carbocycles. The Labute approximate surface area is 155 Å². The van der Waals surface area contributed by atoms with E-state index < -0.39 is 5.91 Å². The quantitative estimate of drug-likeness (QED) is 0.477. The van der Waals surface area contributed by atoms with Crippen molar-refractivity contribution in [1.29, 1.82) is 0 Å². The van der Waals surface area contributed by atoms with E-state index in [0.29, 0.717) is 22.2 Å². The molecule has 0 saturated heterocycles. The Morgan fingerprint density at radius 2 is 1.92 bits per heavy atom. The van der Waals surface area contributed by atoms with E-state index in [-0.39, 0.29) is 17.5 Å². The van der Waals surface area contributed by atoms with E-state index in [1.54, 1.807) is 13.0 Å². The molecule has 0 radical (unpaired) electrons. The molecule has 0 saturated carbocycles. The van der Waals surface area contributed by atoms with Gasteiger partial charge >= 0.3 is 0 Å². The van der Waals surface area contributed by atoms with Crippen LogP contribution in [0.2, 0.25) is 0 Å². The van der Waals surface area contributed by atoms with Gasteiger partial charge in [-0.2, -0.15) is 0 Å². The van der Waals surface area contributed by atoms with Crippen molar-refractivity contribution in [2.24, 2.45) is 0 Å². The SMILES string of the molecule is Cc1c(C(=O)Nc2cc(-c3ccc(Br)cc3)no2)oc2ccc(F)cc12. The van der Waals surface area contributed by atoms with Crippen LogP contribution in [0.3, 0.4) is 0 Å². The molecule has 1 amide bonds. The second-order valence-corrected chi connectivity index (χ2v) is 6.65. The Balaban J connectivity index is 1.59. The highest BCUT2D eigenvalue weighted by atomic mass is 79.9. The van der Waals surface area contributed by atoms with Crippen LogP contribution in [0.25, 0.3) is 22.2 Å². The number of fused-ring (bicyclic) bond motifs is 1. The topological polar surface area (TPSA) is 68.3 Å². The molecular weight excluding hydrogens is 403 g/mol. The van der Waals surface area contributed by atoms with Gasteiger partial charge in [0.1, 0.15) is 17.1 Å². The lowest BCUT2D eigenvalue weighted by Gasteiger charge is -1.98. The number of benzene rings is 2. The van der Waals surface area contributed by atoms with Crippen molar-refractivity contribution in [2.45, 2.75) is 6.92 Å². The number of nitrogens with one attached hydrogen (secondary N) is 1. The molecule has 0 spiro atoms. The maximum Gasteiger partial charge on any atom is 0.294 e. The molecule has 0 fully saturated rings. The lowest BCUT2D eigenvalue weighted by atomic mass is 10.1. The molecule has 26 heavy (non-hydrogen) atoms. The zero-order valence-electron chi connectivity index (χ0n) is 13.5. The fraction of sp³-hybridized carbons (Fsp3) is 0.0526. The Kier molecular flexibility index (Phi) is 4.08.